The van der Waals surface area contributed by atoms with Crippen LogP contribution in [0.1, 0.15) is 40.0 Å². The second-order valence-electron chi connectivity index (χ2n) is 7.95. The first kappa shape index (κ1) is 19.8. The van der Waals surface area contributed by atoms with Crippen molar-refractivity contribution in [1.29, 1.82) is 0 Å². The van der Waals surface area contributed by atoms with E-state index in [0.717, 1.165) is 5.56 Å². The molecule has 5 rings (SSSR count). The van der Waals surface area contributed by atoms with E-state index >= 15 is 0 Å². The van der Waals surface area contributed by atoms with Crippen molar-refractivity contribution in [3.05, 3.63) is 106 Å². The molecule has 0 aliphatic carbocycles. The number of aromatic carboxylic acids is 1. The predicted octanol–water partition coefficient (Wildman–Crippen LogP) is 4.09. The number of carboxylic acids is 1. The highest BCUT2D eigenvalue weighted by Gasteiger charge is 2.22. The molecule has 1 atom stereocenters. The van der Waals surface area contributed by atoms with E-state index in [0.29, 0.717) is 30.2 Å². The maximum atomic E-state index is 12.9. The Morgan fingerprint density at radius 3 is 2.44 bits per heavy atom. The first-order chi connectivity index (χ1) is 15.5. The molecule has 0 bridgehead atoms. The zero-order valence-corrected chi connectivity index (χ0v) is 17.5. The van der Waals surface area contributed by atoms with Crippen LogP contribution in [0.5, 0.6) is 0 Å². The van der Waals surface area contributed by atoms with E-state index in [1.165, 1.54) is 15.5 Å². The lowest BCUT2D eigenvalue weighted by Gasteiger charge is -2.21. The third-order valence-electron chi connectivity index (χ3n) is 5.87. The molecule has 2 N–H and O–H groups in total. The zero-order chi connectivity index (χ0) is 22.2. The van der Waals surface area contributed by atoms with Crippen LogP contribution < -0.4 is 15.8 Å². The van der Waals surface area contributed by atoms with E-state index in [2.05, 4.69) is 22.3 Å². The Labute approximate surface area is 184 Å². The summed E-state index contributed by atoms with van der Waals surface area (Å²) >= 11 is 0. The minimum Gasteiger partial charge on any atom is -0.478 e. The first-order valence-electron chi connectivity index (χ1n) is 10.4. The second kappa shape index (κ2) is 7.85. The van der Waals surface area contributed by atoms with Crippen molar-refractivity contribution < 1.29 is 9.90 Å². The van der Waals surface area contributed by atoms with Gasteiger partial charge in [-0.25, -0.2) is 9.78 Å². The Balaban J connectivity index is 1.53. The number of fused-ring (bicyclic) bond motifs is 2. The Morgan fingerprint density at radius 1 is 1.03 bits per heavy atom. The molecular formula is C25H22N4O3. The number of para-hydroxylation sites is 1. The Hall–Kier alpha value is -4.13. The summed E-state index contributed by atoms with van der Waals surface area (Å²) in [5.74, 6) is -0.361. The molecule has 0 unspecified atom stereocenters. The van der Waals surface area contributed by atoms with Crippen LogP contribution in [-0.2, 0) is 13.1 Å². The number of carboxylic acid groups (broad SMARTS) is 1. The molecule has 0 saturated carbocycles. The lowest BCUT2D eigenvalue weighted by molar-refractivity contribution is 0.0698. The topological polar surface area (TPSA) is 86.9 Å². The normalized spacial score (nSPS) is 13.7. The average Bonchev–Trinajstić information content (AvgIpc) is 3.23. The quantitative estimate of drug-likeness (QED) is 0.500. The number of carbonyl (C=O) groups is 1. The number of hydrogen-bond acceptors (Lipinski definition) is 5. The predicted molar refractivity (Wildman–Crippen MR) is 123 cm³/mol. The van der Waals surface area contributed by atoms with Crippen LogP contribution in [0.15, 0.2) is 77.7 Å². The third-order valence-corrected chi connectivity index (χ3v) is 5.87. The van der Waals surface area contributed by atoms with Crippen molar-refractivity contribution in [2.75, 3.05) is 10.2 Å². The number of nitrogens with one attached hydrogen (secondary N) is 1. The SMILES string of the molecule is C[C@@H](Nc1ccccc1C(=O)O)c1cccn2c(=O)cc(N3Cc4ccccc4C3)nc12. The van der Waals surface area contributed by atoms with Gasteiger partial charge in [0.15, 0.2) is 0 Å². The van der Waals surface area contributed by atoms with Gasteiger partial charge in [0.05, 0.1) is 11.6 Å². The van der Waals surface area contributed by atoms with E-state index in [9.17, 15) is 14.7 Å². The summed E-state index contributed by atoms with van der Waals surface area (Å²) in [7, 11) is 0. The third kappa shape index (κ3) is 3.47. The summed E-state index contributed by atoms with van der Waals surface area (Å²) in [5, 5.41) is 12.8. The summed E-state index contributed by atoms with van der Waals surface area (Å²) in [5.41, 5.74) is 4.40. The number of hydrogen-bond donors (Lipinski definition) is 2. The summed E-state index contributed by atoms with van der Waals surface area (Å²) in [6, 6.07) is 20.0. The average molecular weight is 426 g/mol. The minimum atomic E-state index is -0.997. The van der Waals surface area contributed by atoms with E-state index in [1.54, 1.807) is 42.6 Å². The van der Waals surface area contributed by atoms with Gasteiger partial charge in [-0.1, -0.05) is 42.5 Å². The van der Waals surface area contributed by atoms with Crippen molar-refractivity contribution >= 4 is 23.1 Å². The summed E-state index contributed by atoms with van der Waals surface area (Å²) in [6.07, 6.45) is 1.70. The fourth-order valence-electron chi connectivity index (χ4n) is 4.24. The number of anilines is 2. The van der Waals surface area contributed by atoms with Crippen LogP contribution >= 0.6 is 0 Å². The minimum absolute atomic E-state index is 0.152. The van der Waals surface area contributed by atoms with Crippen LogP contribution in [0.3, 0.4) is 0 Å². The molecule has 1 aliphatic heterocycles. The first-order valence-corrected chi connectivity index (χ1v) is 10.4. The Bertz CT molecular complexity index is 1370. The molecule has 1 aliphatic rings. The van der Waals surface area contributed by atoms with Gasteiger partial charge in [-0.2, -0.15) is 0 Å². The standard InChI is InChI=1S/C25H22N4O3/c1-16(26-21-11-5-4-9-20(21)25(31)32)19-10-6-12-29-23(30)13-22(27-24(19)29)28-14-17-7-2-3-8-18(17)15-28/h2-13,16,26H,14-15H2,1H3,(H,31,32)/t16-/m1/s1. The van der Waals surface area contributed by atoms with Gasteiger partial charge in [0.1, 0.15) is 11.5 Å². The molecule has 2 aromatic carbocycles. The van der Waals surface area contributed by atoms with Gasteiger partial charge in [-0.05, 0) is 36.2 Å². The zero-order valence-electron chi connectivity index (χ0n) is 17.5. The molecule has 4 aromatic rings. The van der Waals surface area contributed by atoms with Crippen LogP contribution in [0.4, 0.5) is 11.5 Å². The molecule has 32 heavy (non-hydrogen) atoms. The molecule has 0 saturated heterocycles. The molecule has 0 spiro atoms. The highest BCUT2D eigenvalue weighted by molar-refractivity contribution is 5.94. The number of nitrogens with zero attached hydrogens (tertiary/aromatic N) is 3. The molecular weight excluding hydrogens is 404 g/mol. The van der Waals surface area contributed by atoms with Gasteiger partial charge >= 0.3 is 5.97 Å². The molecule has 7 heteroatoms. The molecule has 3 heterocycles. The van der Waals surface area contributed by atoms with Crippen LogP contribution in [0.2, 0.25) is 0 Å². The molecule has 0 amide bonds. The van der Waals surface area contributed by atoms with Crippen LogP contribution in [0.25, 0.3) is 5.65 Å². The van der Waals surface area contributed by atoms with Crippen molar-refractivity contribution in [3.8, 4) is 0 Å². The molecule has 0 fully saturated rings. The lowest BCUT2D eigenvalue weighted by Crippen LogP contribution is -2.23. The Kier molecular flexibility index (Phi) is 4.86. The van der Waals surface area contributed by atoms with Crippen LogP contribution in [0, 0.1) is 0 Å². The van der Waals surface area contributed by atoms with Crippen molar-refractivity contribution in [1.82, 2.24) is 9.38 Å². The number of pyridine rings is 1. The van der Waals surface area contributed by atoms with Gasteiger partial charge in [0, 0.05) is 36.6 Å². The lowest BCUT2D eigenvalue weighted by atomic mass is 10.1. The molecule has 0 radical (unpaired) electrons. The second-order valence-corrected chi connectivity index (χ2v) is 7.95. The highest BCUT2D eigenvalue weighted by atomic mass is 16.4. The molecule has 160 valence electrons. The van der Waals surface area contributed by atoms with Gasteiger partial charge in [-0.3, -0.25) is 9.20 Å². The summed E-state index contributed by atoms with van der Waals surface area (Å²) in [4.78, 5) is 31.4. The van der Waals surface area contributed by atoms with Crippen molar-refractivity contribution in [2.24, 2.45) is 0 Å². The van der Waals surface area contributed by atoms with Crippen molar-refractivity contribution in [2.45, 2.75) is 26.1 Å². The maximum Gasteiger partial charge on any atom is 0.337 e. The number of aromatic nitrogens is 2. The largest absolute Gasteiger partial charge is 0.478 e. The monoisotopic (exact) mass is 426 g/mol. The van der Waals surface area contributed by atoms with Gasteiger partial charge < -0.3 is 15.3 Å². The van der Waals surface area contributed by atoms with E-state index in [-0.39, 0.29) is 17.2 Å². The highest BCUT2D eigenvalue weighted by Crippen LogP contribution is 2.28. The van der Waals surface area contributed by atoms with Crippen molar-refractivity contribution in [3.63, 3.8) is 0 Å². The van der Waals surface area contributed by atoms with Gasteiger partial charge in [-0.15, -0.1) is 0 Å². The van der Waals surface area contributed by atoms with E-state index in [1.807, 2.05) is 25.1 Å². The number of rotatable bonds is 5. The fourth-order valence-corrected chi connectivity index (χ4v) is 4.24. The fraction of sp³-hybridized carbons (Fsp3) is 0.160. The van der Waals surface area contributed by atoms with E-state index in [4.69, 9.17) is 4.98 Å². The summed E-state index contributed by atoms with van der Waals surface area (Å²) < 4.78 is 1.53. The smallest absolute Gasteiger partial charge is 0.337 e. The molecule has 7 nitrogen and oxygen atoms in total. The molecule has 2 aromatic heterocycles. The summed E-state index contributed by atoms with van der Waals surface area (Å²) in [6.45, 7) is 3.35. The Morgan fingerprint density at radius 2 is 1.72 bits per heavy atom. The van der Waals surface area contributed by atoms with Crippen LogP contribution in [-0.4, -0.2) is 20.5 Å². The number of benzene rings is 2. The van der Waals surface area contributed by atoms with E-state index < -0.39 is 5.97 Å². The van der Waals surface area contributed by atoms with Gasteiger partial charge in [0.25, 0.3) is 5.56 Å². The van der Waals surface area contributed by atoms with Gasteiger partial charge in [0.2, 0.25) is 0 Å². The maximum absolute atomic E-state index is 12.9.